The second-order valence-electron chi connectivity index (χ2n) is 6.20. The largest absolute Gasteiger partial charge is 0.494 e. The van der Waals surface area contributed by atoms with Gasteiger partial charge >= 0.3 is 0 Å². The van der Waals surface area contributed by atoms with Crippen LogP contribution < -0.4 is 4.74 Å². The number of ether oxygens (including phenoxy) is 1. The van der Waals surface area contributed by atoms with Gasteiger partial charge in [-0.15, -0.1) is 6.58 Å². The van der Waals surface area contributed by atoms with Crippen LogP contribution in [-0.2, 0) is 0 Å². The fourth-order valence-electron chi connectivity index (χ4n) is 3.23. The van der Waals surface area contributed by atoms with Crippen LogP contribution in [0.1, 0.15) is 56.9 Å². The first-order chi connectivity index (χ1) is 10.0. The maximum absolute atomic E-state index is 14.1. The summed E-state index contributed by atoms with van der Waals surface area (Å²) in [5, 5.41) is 0. The molecule has 0 aromatic heterocycles. The molecule has 21 heavy (non-hydrogen) atoms. The predicted octanol–water partition coefficient (Wildman–Crippen LogP) is 5.60. The molecule has 0 radical (unpaired) electrons. The van der Waals surface area contributed by atoms with E-state index in [2.05, 4.69) is 13.5 Å². The lowest BCUT2D eigenvalue weighted by atomic mass is 9.77. The van der Waals surface area contributed by atoms with Gasteiger partial charge in [-0.2, -0.15) is 4.39 Å². The number of benzene rings is 1. The summed E-state index contributed by atoms with van der Waals surface area (Å²) in [5.41, 5.74) is 1.73. The molecule has 1 aromatic carbocycles. The lowest BCUT2D eigenvalue weighted by molar-refractivity contribution is 0.303. The van der Waals surface area contributed by atoms with E-state index in [0.717, 1.165) is 32.1 Å². The van der Waals surface area contributed by atoms with Gasteiger partial charge in [-0.1, -0.05) is 11.6 Å². The van der Waals surface area contributed by atoms with Gasteiger partial charge in [0.15, 0.2) is 11.6 Å². The van der Waals surface area contributed by atoms with Gasteiger partial charge in [0.1, 0.15) is 0 Å². The number of hydrogen-bond acceptors (Lipinski definition) is 1. The van der Waals surface area contributed by atoms with Crippen molar-refractivity contribution in [1.29, 1.82) is 0 Å². The Balaban J connectivity index is 1.99. The molecule has 1 fully saturated rings. The highest BCUT2D eigenvalue weighted by Gasteiger charge is 2.26. The standard InChI is InChI=1S/C18H24F2O/c1-12(2)4-5-13-6-8-14(9-7-13)15-10-11-16(21-3)18(20)17(15)19/h10-11,13-14H,1,4-9H2,2-3H3. The van der Waals surface area contributed by atoms with Gasteiger partial charge in [-0.25, -0.2) is 4.39 Å². The van der Waals surface area contributed by atoms with E-state index < -0.39 is 11.6 Å². The van der Waals surface area contributed by atoms with Crippen molar-refractivity contribution in [2.24, 2.45) is 5.92 Å². The van der Waals surface area contributed by atoms with Gasteiger partial charge in [0.2, 0.25) is 5.82 Å². The zero-order chi connectivity index (χ0) is 15.4. The van der Waals surface area contributed by atoms with Crippen molar-refractivity contribution in [2.45, 2.75) is 51.4 Å². The monoisotopic (exact) mass is 294 g/mol. The van der Waals surface area contributed by atoms with Crippen molar-refractivity contribution in [3.63, 3.8) is 0 Å². The molecule has 0 amide bonds. The van der Waals surface area contributed by atoms with Gasteiger partial charge in [0, 0.05) is 0 Å². The normalized spacial score (nSPS) is 22.1. The Kier molecular flexibility index (Phi) is 5.38. The third-order valence-corrected chi connectivity index (χ3v) is 4.56. The van der Waals surface area contributed by atoms with Crippen LogP contribution in [0.2, 0.25) is 0 Å². The van der Waals surface area contributed by atoms with E-state index in [1.54, 1.807) is 6.07 Å². The predicted molar refractivity (Wildman–Crippen MR) is 81.7 cm³/mol. The van der Waals surface area contributed by atoms with Crippen LogP contribution >= 0.6 is 0 Å². The van der Waals surface area contributed by atoms with Crippen LogP contribution in [0.15, 0.2) is 24.3 Å². The molecule has 1 aliphatic rings. The summed E-state index contributed by atoms with van der Waals surface area (Å²) >= 11 is 0. The van der Waals surface area contributed by atoms with Crippen LogP contribution in [0.25, 0.3) is 0 Å². The van der Waals surface area contributed by atoms with E-state index in [1.165, 1.54) is 25.2 Å². The zero-order valence-corrected chi connectivity index (χ0v) is 12.9. The summed E-state index contributed by atoms with van der Waals surface area (Å²) in [6.07, 6.45) is 6.28. The molecule has 116 valence electrons. The Morgan fingerprint density at radius 3 is 2.43 bits per heavy atom. The first kappa shape index (κ1) is 16.0. The Labute approximate surface area is 126 Å². The van der Waals surface area contributed by atoms with Crippen molar-refractivity contribution < 1.29 is 13.5 Å². The van der Waals surface area contributed by atoms with Crippen molar-refractivity contribution in [3.05, 3.63) is 41.5 Å². The van der Waals surface area contributed by atoms with Gasteiger partial charge in [-0.05, 0) is 68.9 Å². The Hall–Kier alpha value is -1.38. The third kappa shape index (κ3) is 3.84. The topological polar surface area (TPSA) is 9.23 Å². The first-order valence-electron chi connectivity index (χ1n) is 7.69. The summed E-state index contributed by atoms with van der Waals surface area (Å²) in [6.45, 7) is 5.99. The van der Waals surface area contributed by atoms with Crippen LogP contribution in [0.5, 0.6) is 5.75 Å². The molecule has 0 heterocycles. The number of halogens is 2. The Morgan fingerprint density at radius 1 is 1.19 bits per heavy atom. The molecular weight excluding hydrogens is 270 g/mol. The third-order valence-electron chi connectivity index (χ3n) is 4.56. The van der Waals surface area contributed by atoms with Gasteiger partial charge in [-0.3, -0.25) is 0 Å². The minimum atomic E-state index is -0.862. The van der Waals surface area contributed by atoms with Crippen molar-refractivity contribution >= 4 is 0 Å². The average molecular weight is 294 g/mol. The van der Waals surface area contributed by atoms with Gasteiger partial charge < -0.3 is 4.74 Å². The molecule has 1 nitrogen and oxygen atoms in total. The van der Waals surface area contributed by atoms with Gasteiger partial charge in [0.25, 0.3) is 0 Å². The zero-order valence-electron chi connectivity index (χ0n) is 12.9. The van der Waals surface area contributed by atoms with E-state index in [9.17, 15) is 8.78 Å². The highest BCUT2D eigenvalue weighted by Crippen LogP contribution is 2.40. The average Bonchev–Trinajstić information content (AvgIpc) is 2.48. The van der Waals surface area contributed by atoms with Crippen LogP contribution in [0, 0.1) is 17.6 Å². The molecule has 0 bridgehead atoms. The molecule has 0 spiro atoms. The highest BCUT2D eigenvalue weighted by molar-refractivity contribution is 5.33. The second-order valence-corrected chi connectivity index (χ2v) is 6.20. The van der Waals surface area contributed by atoms with E-state index in [1.807, 2.05) is 0 Å². The first-order valence-corrected chi connectivity index (χ1v) is 7.69. The van der Waals surface area contributed by atoms with Crippen molar-refractivity contribution in [2.75, 3.05) is 7.11 Å². The SMILES string of the molecule is C=C(C)CCC1CCC(c2ccc(OC)c(F)c2F)CC1. The quantitative estimate of drug-likeness (QED) is 0.642. The Bertz CT molecular complexity index is 502. The van der Waals surface area contributed by atoms with Crippen molar-refractivity contribution in [1.82, 2.24) is 0 Å². The lowest BCUT2D eigenvalue weighted by Crippen LogP contribution is -2.15. The molecule has 1 aromatic rings. The minimum Gasteiger partial charge on any atom is -0.494 e. The fourth-order valence-corrected chi connectivity index (χ4v) is 3.23. The molecule has 1 saturated carbocycles. The highest BCUT2D eigenvalue weighted by atomic mass is 19.2. The van der Waals surface area contributed by atoms with Crippen molar-refractivity contribution in [3.8, 4) is 5.75 Å². The van der Waals surface area contributed by atoms with E-state index >= 15 is 0 Å². The van der Waals surface area contributed by atoms with Gasteiger partial charge in [0.05, 0.1) is 7.11 Å². The molecule has 0 saturated heterocycles. The molecule has 0 atom stereocenters. The van der Waals surface area contributed by atoms with Crippen LogP contribution in [0.3, 0.4) is 0 Å². The van der Waals surface area contributed by atoms with Crippen LogP contribution in [0.4, 0.5) is 8.78 Å². The summed E-state index contributed by atoms with van der Waals surface area (Å²) < 4.78 is 32.7. The number of rotatable bonds is 5. The van der Waals surface area contributed by atoms with E-state index in [4.69, 9.17) is 4.74 Å². The summed E-state index contributed by atoms with van der Waals surface area (Å²) in [7, 11) is 1.35. The maximum atomic E-state index is 14.1. The molecule has 0 N–H and O–H groups in total. The van der Waals surface area contributed by atoms with E-state index in [-0.39, 0.29) is 11.7 Å². The van der Waals surface area contributed by atoms with Crippen LogP contribution in [-0.4, -0.2) is 7.11 Å². The number of hydrogen-bond donors (Lipinski definition) is 0. The summed E-state index contributed by atoms with van der Waals surface area (Å²) in [4.78, 5) is 0. The minimum absolute atomic E-state index is 0.0219. The summed E-state index contributed by atoms with van der Waals surface area (Å²) in [5.74, 6) is -0.791. The molecule has 1 aliphatic carbocycles. The molecule has 2 rings (SSSR count). The maximum Gasteiger partial charge on any atom is 0.200 e. The fraction of sp³-hybridized carbons (Fsp3) is 0.556. The molecular formula is C18H24F2O. The second kappa shape index (κ2) is 7.06. The smallest absolute Gasteiger partial charge is 0.200 e. The number of allylic oxidation sites excluding steroid dienone is 1. The molecule has 0 unspecified atom stereocenters. The number of methoxy groups -OCH3 is 1. The lowest BCUT2D eigenvalue weighted by Gasteiger charge is -2.29. The van der Waals surface area contributed by atoms with E-state index in [0.29, 0.717) is 11.5 Å². The Morgan fingerprint density at radius 2 is 1.86 bits per heavy atom. The summed E-state index contributed by atoms with van der Waals surface area (Å²) in [6, 6.07) is 3.21. The molecule has 3 heteroatoms. The molecule has 0 aliphatic heterocycles.